The van der Waals surface area contributed by atoms with Gasteiger partial charge in [0.1, 0.15) is 11.5 Å². The van der Waals surface area contributed by atoms with E-state index in [2.05, 4.69) is 20.6 Å². The molecular formula is C29H34F4N6. The standard InChI is InChI=1S/C29H34F4N6/c1-5-12-39(34)13-11-35-29-37-16-26(31)28(38-29)18(2)14-21-7-6-8-23(19(21)3)25-15-22(30)9-10-24(25)20(4)36-17-27(32)33/h5-10,12,14-16,20,27,36H,11,13,17,34H2,1-4H3,(H,35,37,38)/b12-5-,18-14+. The number of aromatic nitrogens is 2. The van der Waals surface area contributed by atoms with E-state index in [0.717, 1.165) is 22.9 Å². The molecule has 1 unspecified atom stereocenters. The molecule has 0 spiro atoms. The number of alkyl halides is 2. The van der Waals surface area contributed by atoms with Crippen molar-refractivity contribution in [3.05, 3.63) is 88.9 Å². The Labute approximate surface area is 226 Å². The van der Waals surface area contributed by atoms with E-state index in [4.69, 9.17) is 5.84 Å². The van der Waals surface area contributed by atoms with Gasteiger partial charge in [0.2, 0.25) is 5.95 Å². The zero-order valence-electron chi connectivity index (χ0n) is 22.5. The number of halogens is 4. The lowest BCUT2D eigenvalue weighted by molar-refractivity contribution is 0.142. The second kappa shape index (κ2) is 13.9. The van der Waals surface area contributed by atoms with E-state index in [1.54, 1.807) is 32.2 Å². The quantitative estimate of drug-likeness (QED) is 0.141. The summed E-state index contributed by atoms with van der Waals surface area (Å²) in [5.41, 5.74) is 4.36. The number of anilines is 1. The maximum Gasteiger partial charge on any atom is 0.250 e. The van der Waals surface area contributed by atoms with Crippen molar-refractivity contribution in [3.8, 4) is 11.1 Å². The zero-order valence-corrected chi connectivity index (χ0v) is 22.5. The van der Waals surface area contributed by atoms with Gasteiger partial charge in [-0.1, -0.05) is 30.3 Å². The number of allylic oxidation sites excluding steroid dienone is 2. The molecule has 0 saturated carbocycles. The zero-order chi connectivity index (χ0) is 28.5. The number of nitrogens with one attached hydrogen (secondary N) is 2. The summed E-state index contributed by atoms with van der Waals surface area (Å²) in [7, 11) is 0. The fourth-order valence-corrected chi connectivity index (χ4v) is 4.21. The Kier molecular flexibility index (Phi) is 10.6. The first-order chi connectivity index (χ1) is 18.6. The Morgan fingerprint density at radius 2 is 1.92 bits per heavy atom. The van der Waals surface area contributed by atoms with Crippen LogP contribution >= 0.6 is 0 Å². The van der Waals surface area contributed by atoms with Crippen molar-refractivity contribution in [2.75, 3.05) is 25.0 Å². The molecule has 0 radical (unpaired) electrons. The van der Waals surface area contributed by atoms with Crippen molar-refractivity contribution in [1.82, 2.24) is 20.3 Å². The fourth-order valence-electron chi connectivity index (χ4n) is 4.21. The van der Waals surface area contributed by atoms with Crippen LogP contribution in [0.2, 0.25) is 0 Å². The highest BCUT2D eigenvalue weighted by Gasteiger charge is 2.17. The summed E-state index contributed by atoms with van der Waals surface area (Å²) >= 11 is 0. The van der Waals surface area contributed by atoms with Crippen molar-refractivity contribution >= 4 is 17.6 Å². The summed E-state index contributed by atoms with van der Waals surface area (Å²) in [4.78, 5) is 8.36. The first kappa shape index (κ1) is 29.8. The Hall–Kier alpha value is -3.76. The van der Waals surface area contributed by atoms with E-state index < -0.39 is 30.6 Å². The molecular weight excluding hydrogens is 508 g/mol. The van der Waals surface area contributed by atoms with Crippen LogP contribution in [0, 0.1) is 18.6 Å². The Morgan fingerprint density at radius 1 is 1.15 bits per heavy atom. The van der Waals surface area contributed by atoms with Gasteiger partial charge in [-0.3, -0.25) is 0 Å². The van der Waals surface area contributed by atoms with E-state index in [0.29, 0.717) is 29.8 Å². The summed E-state index contributed by atoms with van der Waals surface area (Å²) in [6, 6.07) is 9.43. The maximum atomic E-state index is 14.7. The molecule has 0 amide bonds. The molecule has 4 N–H and O–H groups in total. The number of benzene rings is 2. The minimum Gasteiger partial charge on any atom is -0.352 e. The summed E-state index contributed by atoms with van der Waals surface area (Å²) in [5, 5.41) is 7.35. The molecule has 2 aromatic carbocycles. The van der Waals surface area contributed by atoms with Gasteiger partial charge in [0, 0.05) is 18.8 Å². The van der Waals surface area contributed by atoms with Gasteiger partial charge in [0.25, 0.3) is 6.43 Å². The Bertz CT molecular complexity index is 1330. The van der Waals surface area contributed by atoms with E-state index >= 15 is 0 Å². The van der Waals surface area contributed by atoms with Gasteiger partial charge in [-0.2, -0.15) is 0 Å². The lowest BCUT2D eigenvalue weighted by Crippen LogP contribution is -2.30. The van der Waals surface area contributed by atoms with Crippen LogP contribution in [0.5, 0.6) is 0 Å². The first-order valence-corrected chi connectivity index (χ1v) is 12.6. The molecule has 6 nitrogen and oxygen atoms in total. The number of hydrogen-bond donors (Lipinski definition) is 3. The molecule has 0 saturated heterocycles. The Balaban J connectivity index is 1.92. The SMILES string of the molecule is C/C=C\N(N)CCNc1ncc(F)c(/C(C)=C/c2cccc(-c3cc(F)ccc3C(C)NCC(F)F)c2C)n1. The summed E-state index contributed by atoms with van der Waals surface area (Å²) < 4.78 is 54.5. The second-order valence-electron chi connectivity index (χ2n) is 9.14. The van der Waals surface area contributed by atoms with Gasteiger partial charge >= 0.3 is 0 Å². The molecule has 0 aliphatic carbocycles. The van der Waals surface area contributed by atoms with E-state index in [1.165, 1.54) is 17.1 Å². The predicted octanol–water partition coefficient (Wildman–Crippen LogP) is 6.33. The molecule has 0 aliphatic rings. The number of hydrogen-bond acceptors (Lipinski definition) is 6. The van der Waals surface area contributed by atoms with Gasteiger partial charge in [-0.05, 0) is 79.3 Å². The van der Waals surface area contributed by atoms with Gasteiger partial charge in [0.15, 0.2) is 5.82 Å². The smallest absolute Gasteiger partial charge is 0.250 e. The van der Waals surface area contributed by atoms with Crippen LogP contribution in [0.3, 0.4) is 0 Å². The molecule has 39 heavy (non-hydrogen) atoms. The lowest BCUT2D eigenvalue weighted by atomic mass is 9.90. The third-order valence-electron chi connectivity index (χ3n) is 6.21. The average Bonchev–Trinajstić information content (AvgIpc) is 2.89. The minimum absolute atomic E-state index is 0.145. The van der Waals surface area contributed by atoms with Crippen LogP contribution in [0.25, 0.3) is 22.8 Å². The van der Waals surface area contributed by atoms with Crippen LogP contribution in [0.4, 0.5) is 23.5 Å². The van der Waals surface area contributed by atoms with E-state index in [1.807, 2.05) is 38.1 Å². The van der Waals surface area contributed by atoms with Crippen LogP contribution in [0.15, 0.2) is 54.9 Å². The van der Waals surface area contributed by atoms with Crippen molar-refractivity contribution < 1.29 is 17.6 Å². The average molecular weight is 543 g/mol. The summed E-state index contributed by atoms with van der Waals surface area (Å²) in [6.07, 6.45) is 3.97. The van der Waals surface area contributed by atoms with Gasteiger partial charge in [-0.25, -0.2) is 33.4 Å². The molecule has 0 bridgehead atoms. The summed E-state index contributed by atoms with van der Waals surface area (Å²) in [5.74, 6) is 5.08. The van der Waals surface area contributed by atoms with Gasteiger partial charge in [0.05, 0.1) is 19.3 Å². The highest BCUT2D eigenvalue weighted by molar-refractivity contribution is 5.83. The van der Waals surface area contributed by atoms with Crippen molar-refractivity contribution in [3.63, 3.8) is 0 Å². The second-order valence-corrected chi connectivity index (χ2v) is 9.14. The fraction of sp³-hybridized carbons (Fsp3) is 0.310. The first-order valence-electron chi connectivity index (χ1n) is 12.6. The van der Waals surface area contributed by atoms with Crippen LogP contribution < -0.4 is 16.5 Å². The third kappa shape index (κ3) is 8.11. The predicted molar refractivity (Wildman–Crippen MR) is 149 cm³/mol. The molecule has 10 heteroatoms. The summed E-state index contributed by atoms with van der Waals surface area (Å²) in [6.45, 7) is 7.74. The largest absolute Gasteiger partial charge is 0.352 e. The maximum absolute atomic E-state index is 14.7. The molecule has 3 aromatic rings. The van der Waals surface area contributed by atoms with E-state index in [9.17, 15) is 17.6 Å². The van der Waals surface area contributed by atoms with Crippen molar-refractivity contribution in [2.45, 2.75) is 40.2 Å². The lowest BCUT2D eigenvalue weighted by Gasteiger charge is -2.20. The van der Waals surface area contributed by atoms with Gasteiger partial charge < -0.3 is 15.6 Å². The van der Waals surface area contributed by atoms with Gasteiger partial charge in [-0.15, -0.1) is 0 Å². The molecule has 0 fully saturated rings. The number of nitrogens with two attached hydrogens (primary N) is 1. The molecule has 1 aromatic heterocycles. The molecule has 3 rings (SSSR count). The molecule has 208 valence electrons. The number of hydrazine groups is 1. The van der Waals surface area contributed by atoms with Crippen LogP contribution in [0.1, 0.15) is 49.2 Å². The molecule has 1 atom stereocenters. The normalized spacial score (nSPS) is 12.8. The number of rotatable bonds is 12. The van der Waals surface area contributed by atoms with Crippen molar-refractivity contribution in [1.29, 1.82) is 0 Å². The Morgan fingerprint density at radius 3 is 2.64 bits per heavy atom. The highest BCUT2D eigenvalue weighted by Crippen LogP contribution is 2.34. The van der Waals surface area contributed by atoms with Crippen LogP contribution in [-0.4, -0.2) is 41.0 Å². The topological polar surface area (TPSA) is 79.1 Å². The van der Waals surface area contributed by atoms with Crippen molar-refractivity contribution in [2.24, 2.45) is 5.84 Å². The highest BCUT2D eigenvalue weighted by atomic mass is 19.3. The van der Waals surface area contributed by atoms with Crippen LogP contribution in [-0.2, 0) is 0 Å². The number of nitrogens with zero attached hydrogens (tertiary/aromatic N) is 3. The third-order valence-corrected chi connectivity index (χ3v) is 6.21. The van der Waals surface area contributed by atoms with E-state index in [-0.39, 0.29) is 11.6 Å². The molecule has 0 aliphatic heterocycles. The minimum atomic E-state index is -2.50. The monoisotopic (exact) mass is 542 g/mol. The molecule has 1 heterocycles.